The van der Waals surface area contributed by atoms with Gasteiger partial charge >= 0.3 is 16.2 Å². The van der Waals surface area contributed by atoms with Gasteiger partial charge in [0, 0.05) is 19.5 Å². The van der Waals surface area contributed by atoms with Gasteiger partial charge in [0.05, 0.1) is 5.69 Å². The highest BCUT2D eigenvalue weighted by atomic mass is 32.2. The topological polar surface area (TPSA) is 77.9 Å². The molecule has 2 heterocycles. The molecule has 0 saturated carbocycles. The first-order valence-corrected chi connectivity index (χ1v) is 8.02. The van der Waals surface area contributed by atoms with E-state index in [2.05, 4.69) is 0 Å². The van der Waals surface area contributed by atoms with Gasteiger partial charge in [-0.1, -0.05) is 18.2 Å². The summed E-state index contributed by atoms with van der Waals surface area (Å²) >= 11 is 0. The molecule has 3 rings (SSSR count). The lowest BCUT2D eigenvalue weighted by atomic mass is 10.1. The van der Waals surface area contributed by atoms with E-state index in [1.54, 1.807) is 24.3 Å². The zero-order valence-electron chi connectivity index (χ0n) is 10.9. The van der Waals surface area contributed by atoms with Crippen molar-refractivity contribution in [2.45, 2.75) is 25.3 Å². The van der Waals surface area contributed by atoms with Crippen LogP contribution < -0.4 is 4.31 Å². The zero-order chi connectivity index (χ0) is 14.3. The highest BCUT2D eigenvalue weighted by Crippen LogP contribution is 2.36. The van der Waals surface area contributed by atoms with Crippen molar-refractivity contribution in [3.8, 4) is 0 Å². The molecule has 108 valence electrons. The summed E-state index contributed by atoms with van der Waals surface area (Å²) in [5, 5.41) is 9.34. The lowest BCUT2D eigenvalue weighted by molar-refractivity contribution is -0.138. The Hall–Kier alpha value is -1.60. The first-order valence-electron chi connectivity index (χ1n) is 6.62. The predicted molar refractivity (Wildman–Crippen MR) is 73.8 cm³/mol. The van der Waals surface area contributed by atoms with Crippen molar-refractivity contribution in [2.75, 3.05) is 17.4 Å². The van der Waals surface area contributed by atoms with Crippen molar-refractivity contribution in [1.29, 1.82) is 0 Å². The fraction of sp³-hybridized carbons (Fsp3) is 0.462. The monoisotopic (exact) mass is 296 g/mol. The summed E-state index contributed by atoms with van der Waals surface area (Å²) in [7, 11) is -3.76. The second-order valence-electron chi connectivity index (χ2n) is 5.10. The highest BCUT2D eigenvalue weighted by Gasteiger charge is 2.44. The molecule has 0 aliphatic carbocycles. The molecule has 7 heteroatoms. The second-order valence-corrected chi connectivity index (χ2v) is 6.90. The molecule has 1 N–H and O–H groups in total. The number of hydrogen-bond donors (Lipinski definition) is 1. The van der Waals surface area contributed by atoms with Crippen LogP contribution in [-0.4, -0.2) is 42.9 Å². The van der Waals surface area contributed by atoms with Gasteiger partial charge in [0.2, 0.25) is 0 Å². The van der Waals surface area contributed by atoms with Crippen LogP contribution >= 0.6 is 0 Å². The summed E-state index contributed by atoms with van der Waals surface area (Å²) in [6, 6.07) is 5.94. The minimum Gasteiger partial charge on any atom is -0.480 e. The molecule has 0 amide bonds. The SMILES string of the molecule is O=C(O)C1Cc2ccccc2N1S(=O)(=O)N1CCCC1. The molecule has 2 aliphatic rings. The highest BCUT2D eigenvalue weighted by molar-refractivity contribution is 7.90. The normalized spacial score (nSPS) is 23.0. The number of carbonyl (C=O) groups is 1. The molecule has 6 nitrogen and oxygen atoms in total. The Morgan fingerprint density at radius 1 is 1.20 bits per heavy atom. The van der Waals surface area contributed by atoms with E-state index in [0.29, 0.717) is 18.8 Å². The first-order chi connectivity index (χ1) is 9.51. The number of hydrogen-bond acceptors (Lipinski definition) is 3. The van der Waals surface area contributed by atoms with Crippen LogP contribution in [-0.2, 0) is 21.4 Å². The molecule has 2 aliphatic heterocycles. The minimum atomic E-state index is -3.76. The van der Waals surface area contributed by atoms with Crippen LogP contribution in [0.15, 0.2) is 24.3 Å². The molecule has 1 unspecified atom stereocenters. The van der Waals surface area contributed by atoms with E-state index in [4.69, 9.17) is 0 Å². The lowest BCUT2D eigenvalue weighted by Gasteiger charge is -2.28. The number of rotatable bonds is 3. The molecular weight excluding hydrogens is 280 g/mol. The van der Waals surface area contributed by atoms with Gasteiger partial charge in [-0.15, -0.1) is 0 Å². The van der Waals surface area contributed by atoms with Crippen LogP contribution in [0, 0.1) is 0 Å². The van der Waals surface area contributed by atoms with Crippen molar-refractivity contribution in [3.63, 3.8) is 0 Å². The summed E-state index contributed by atoms with van der Waals surface area (Å²) in [5.41, 5.74) is 1.26. The summed E-state index contributed by atoms with van der Waals surface area (Å²) in [4.78, 5) is 11.4. The predicted octanol–water partition coefficient (Wildman–Crippen LogP) is 0.843. The lowest BCUT2D eigenvalue weighted by Crippen LogP contribution is -2.49. The van der Waals surface area contributed by atoms with Crippen LogP contribution in [0.4, 0.5) is 5.69 Å². The van der Waals surface area contributed by atoms with Crippen molar-refractivity contribution < 1.29 is 18.3 Å². The van der Waals surface area contributed by atoms with Gasteiger partial charge < -0.3 is 5.11 Å². The van der Waals surface area contributed by atoms with E-state index in [1.165, 1.54) is 4.31 Å². The molecular formula is C13H16N2O4S. The molecule has 0 spiro atoms. The fourth-order valence-corrected chi connectivity index (χ4v) is 4.75. The molecule has 1 aromatic rings. The Balaban J connectivity index is 2.06. The fourth-order valence-electron chi connectivity index (χ4n) is 2.87. The Bertz CT molecular complexity index is 638. The van der Waals surface area contributed by atoms with Gasteiger partial charge in [-0.25, -0.2) is 9.10 Å². The maximum Gasteiger partial charge on any atom is 0.327 e. The summed E-state index contributed by atoms with van der Waals surface area (Å²) in [6.45, 7) is 0.931. The largest absolute Gasteiger partial charge is 0.480 e. The molecule has 1 saturated heterocycles. The maximum atomic E-state index is 12.7. The van der Waals surface area contributed by atoms with Crippen molar-refractivity contribution in [2.24, 2.45) is 0 Å². The number of para-hydroxylation sites is 1. The zero-order valence-corrected chi connectivity index (χ0v) is 11.7. The second kappa shape index (κ2) is 4.75. The van der Waals surface area contributed by atoms with E-state index in [0.717, 1.165) is 22.7 Å². The Kier molecular flexibility index (Phi) is 3.18. The molecule has 20 heavy (non-hydrogen) atoms. The molecule has 1 fully saturated rings. The van der Waals surface area contributed by atoms with E-state index in [1.807, 2.05) is 0 Å². The van der Waals surface area contributed by atoms with Crippen LogP contribution in [0.1, 0.15) is 18.4 Å². The van der Waals surface area contributed by atoms with Crippen LogP contribution in [0.2, 0.25) is 0 Å². The Morgan fingerprint density at radius 3 is 2.50 bits per heavy atom. The number of aliphatic carboxylic acids is 1. The third kappa shape index (κ3) is 1.97. The van der Waals surface area contributed by atoms with Gasteiger partial charge in [-0.3, -0.25) is 0 Å². The molecule has 1 atom stereocenters. The Morgan fingerprint density at radius 2 is 1.85 bits per heavy atom. The van der Waals surface area contributed by atoms with Crippen molar-refractivity contribution >= 4 is 21.9 Å². The van der Waals surface area contributed by atoms with Gasteiger partial charge in [0.1, 0.15) is 6.04 Å². The van der Waals surface area contributed by atoms with Crippen LogP contribution in [0.3, 0.4) is 0 Å². The smallest absolute Gasteiger partial charge is 0.327 e. The Labute approximate surface area is 117 Å². The van der Waals surface area contributed by atoms with Crippen molar-refractivity contribution in [1.82, 2.24) is 4.31 Å². The van der Waals surface area contributed by atoms with Crippen LogP contribution in [0.5, 0.6) is 0 Å². The standard InChI is InChI=1S/C13H16N2O4S/c16-13(17)12-9-10-5-1-2-6-11(10)15(12)20(18,19)14-7-3-4-8-14/h1-2,5-6,12H,3-4,7-9H2,(H,16,17). The van der Waals surface area contributed by atoms with Gasteiger partial charge in [0.25, 0.3) is 0 Å². The quantitative estimate of drug-likeness (QED) is 0.896. The van der Waals surface area contributed by atoms with Gasteiger partial charge in [-0.2, -0.15) is 12.7 Å². The molecule has 0 aromatic heterocycles. The maximum absolute atomic E-state index is 12.7. The molecule has 1 aromatic carbocycles. The number of benzene rings is 1. The van der Waals surface area contributed by atoms with E-state index >= 15 is 0 Å². The van der Waals surface area contributed by atoms with Gasteiger partial charge in [-0.05, 0) is 24.5 Å². The number of carboxylic acid groups (broad SMARTS) is 1. The van der Waals surface area contributed by atoms with Crippen LogP contribution in [0.25, 0.3) is 0 Å². The molecule has 0 radical (unpaired) electrons. The third-order valence-electron chi connectivity index (χ3n) is 3.85. The summed E-state index contributed by atoms with van der Waals surface area (Å²) in [5.74, 6) is -1.11. The van der Waals surface area contributed by atoms with E-state index in [9.17, 15) is 18.3 Å². The summed E-state index contributed by atoms with van der Waals surface area (Å²) < 4.78 is 27.9. The summed E-state index contributed by atoms with van der Waals surface area (Å²) in [6.07, 6.45) is 1.87. The molecule has 0 bridgehead atoms. The average Bonchev–Trinajstić information content (AvgIpc) is 3.06. The van der Waals surface area contributed by atoms with Crippen molar-refractivity contribution in [3.05, 3.63) is 29.8 Å². The minimum absolute atomic E-state index is 0.221. The van der Waals surface area contributed by atoms with E-state index in [-0.39, 0.29) is 6.42 Å². The van der Waals surface area contributed by atoms with E-state index < -0.39 is 22.2 Å². The third-order valence-corrected chi connectivity index (χ3v) is 5.82. The number of nitrogens with zero attached hydrogens (tertiary/aromatic N) is 2. The number of anilines is 1. The first kappa shape index (κ1) is 13.4. The number of carboxylic acids is 1. The average molecular weight is 296 g/mol. The van der Waals surface area contributed by atoms with Gasteiger partial charge in [0.15, 0.2) is 0 Å². The number of fused-ring (bicyclic) bond motifs is 1.